The summed E-state index contributed by atoms with van der Waals surface area (Å²) >= 11 is 1.41. The Balaban J connectivity index is 1.77. The highest BCUT2D eigenvalue weighted by atomic mass is 32.2. The van der Waals surface area contributed by atoms with E-state index in [4.69, 9.17) is 5.73 Å². The number of Topliss-reactive ketones (excluding diaryl/α,β-unsaturated/α-hetero) is 1. The number of ketones is 1. The fourth-order valence-electron chi connectivity index (χ4n) is 2.21. The van der Waals surface area contributed by atoms with E-state index >= 15 is 0 Å². The number of nitrogens with zero attached hydrogens (tertiary/aromatic N) is 2. The molecule has 1 aromatic carbocycles. The monoisotopic (exact) mass is 329 g/mol. The Morgan fingerprint density at radius 3 is 2.78 bits per heavy atom. The fourth-order valence-corrected chi connectivity index (χ4v) is 3.07. The third-order valence-electron chi connectivity index (χ3n) is 3.41. The van der Waals surface area contributed by atoms with Gasteiger partial charge in [0.1, 0.15) is 0 Å². The van der Waals surface area contributed by atoms with Crippen molar-refractivity contribution in [2.75, 3.05) is 5.75 Å². The number of hydrogen-bond acceptors (Lipinski definition) is 6. The molecule has 0 aliphatic heterocycles. The number of rotatable bonds is 5. The topological polar surface area (TPSA) is 96.1 Å². The van der Waals surface area contributed by atoms with Crippen LogP contribution in [0.25, 0.3) is 5.69 Å². The molecule has 0 saturated heterocycles. The highest BCUT2D eigenvalue weighted by Gasteiger charge is 2.27. The molecule has 1 aliphatic carbocycles. The molecule has 0 bridgehead atoms. The second-order valence-electron chi connectivity index (χ2n) is 5.04. The van der Waals surface area contributed by atoms with Crippen molar-refractivity contribution in [1.82, 2.24) is 5.27 Å². The molecule has 0 fully saturated rings. The van der Waals surface area contributed by atoms with Crippen molar-refractivity contribution in [2.45, 2.75) is 12.8 Å². The van der Waals surface area contributed by atoms with Crippen molar-refractivity contribution in [3.05, 3.63) is 58.8 Å². The van der Waals surface area contributed by atoms with Crippen molar-refractivity contribution >= 4 is 17.5 Å². The molecule has 7 heteroatoms. The first-order chi connectivity index (χ1) is 11.1. The van der Waals surface area contributed by atoms with Crippen molar-refractivity contribution in [3.63, 3.8) is 0 Å². The largest absolute Gasteiger partial charge is 0.539 e. The number of carbonyl (C=O) groups excluding carboxylic acids is 1. The van der Waals surface area contributed by atoms with Crippen molar-refractivity contribution in [2.24, 2.45) is 5.73 Å². The molecule has 0 radical (unpaired) electrons. The number of carbonyl (C=O) groups is 1. The molecule has 0 atom stereocenters. The summed E-state index contributed by atoms with van der Waals surface area (Å²) in [5.74, 6) is -0.877. The van der Waals surface area contributed by atoms with E-state index in [-0.39, 0.29) is 17.2 Å². The van der Waals surface area contributed by atoms with Crippen LogP contribution < -0.4 is 15.5 Å². The van der Waals surface area contributed by atoms with Crippen LogP contribution in [0, 0.1) is 0 Å². The predicted octanol–water partition coefficient (Wildman–Crippen LogP) is 1.46. The first-order valence-electron chi connectivity index (χ1n) is 7.11. The van der Waals surface area contributed by atoms with Gasteiger partial charge in [-0.15, -0.1) is 11.8 Å². The van der Waals surface area contributed by atoms with E-state index in [1.165, 1.54) is 16.4 Å². The standard InChI is InChI=1S/C16H15N3O3S/c17-11-6-8-13(9-7-11)23-10-14(20)15-16(21)22-18-19(15)12-4-2-1-3-5-12/h1-6,8H,7,9-10,17H2. The molecule has 0 unspecified atom stereocenters. The average Bonchev–Trinajstić information content (AvgIpc) is 2.96. The van der Waals surface area contributed by atoms with E-state index in [0.29, 0.717) is 5.69 Å². The van der Waals surface area contributed by atoms with E-state index in [0.717, 1.165) is 23.4 Å². The van der Waals surface area contributed by atoms with Gasteiger partial charge in [0, 0.05) is 17.8 Å². The van der Waals surface area contributed by atoms with E-state index in [9.17, 15) is 9.90 Å². The summed E-state index contributed by atoms with van der Waals surface area (Å²) in [7, 11) is 0. The van der Waals surface area contributed by atoms with E-state index in [1.54, 1.807) is 24.3 Å². The molecule has 6 nitrogen and oxygen atoms in total. The Kier molecular flexibility index (Phi) is 4.47. The van der Waals surface area contributed by atoms with Crippen LogP contribution in [0.15, 0.2) is 57.6 Å². The molecule has 1 aromatic heterocycles. The smallest absolute Gasteiger partial charge is 0.307 e. The highest BCUT2D eigenvalue weighted by molar-refractivity contribution is 8.03. The second kappa shape index (κ2) is 6.70. The number of benzene rings is 1. The van der Waals surface area contributed by atoms with Crippen LogP contribution in [-0.4, -0.2) is 16.8 Å². The van der Waals surface area contributed by atoms with Crippen LogP contribution in [0.4, 0.5) is 0 Å². The number of hydrogen-bond donors (Lipinski definition) is 1. The van der Waals surface area contributed by atoms with Gasteiger partial charge in [-0.3, -0.25) is 4.79 Å². The van der Waals surface area contributed by atoms with Crippen molar-refractivity contribution < 1.29 is 19.1 Å². The summed E-state index contributed by atoms with van der Waals surface area (Å²) < 4.78 is 5.91. The van der Waals surface area contributed by atoms with Crippen molar-refractivity contribution in [3.8, 4) is 11.6 Å². The van der Waals surface area contributed by atoms with Gasteiger partial charge in [0.15, 0.2) is 5.95 Å². The van der Waals surface area contributed by atoms with Gasteiger partial charge in [0.05, 0.1) is 11.0 Å². The lowest BCUT2D eigenvalue weighted by Crippen LogP contribution is -2.39. The Hall–Kier alpha value is -2.54. The quantitative estimate of drug-likeness (QED) is 0.659. The number of nitrogens with two attached hydrogens (primary N) is 1. The zero-order chi connectivity index (χ0) is 16.2. The minimum atomic E-state index is -0.721. The summed E-state index contributed by atoms with van der Waals surface area (Å²) in [6, 6.07) is 8.95. The van der Waals surface area contributed by atoms with Gasteiger partial charge in [0.2, 0.25) is 11.5 Å². The molecule has 1 heterocycles. The zero-order valence-electron chi connectivity index (χ0n) is 12.3. The number of allylic oxidation sites excluding steroid dienone is 4. The van der Waals surface area contributed by atoms with Gasteiger partial charge in [-0.2, -0.15) is 0 Å². The van der Waals surface area contributed by atoms with Crippen LogP contribution in [0.1, 0.15) is 23.3 Å². The summed E-state index contributed by atoms with van der Waals surface area (Å²) in [5.41, 5.74) is 7.10. The molecule has 2 N–H and O–H groups in total. The Morgan fingerprint density at radius 2 is 2.09 bits per heavy atom. The minimum Gasteiger partial charge on any atom is -0.539 e. The Bertz CT molecular complexity index is 781. The molecule has 118 valence electrons. The lowest BCUT2D eigenvalue weighted by Gasteiger charge is -2.10. The average molecular weight is 329 g/mol. The maximum absolute atomic E-state index is 12.4. The second-order valence-corrected chi connectivity index (χ2v) is 6.14. The fraction of sp³-hybridized carbons (Fsp3) is 0.188. The molecule has 0 saturated carbocycles. The summed E-state index contributed by atoms with van der Waals surface area (Å²) in [6.45, 7) is 0. The molecule has 3 rings (SSSR count). The maximum Gasteiger partial charge on any atom is 0.307 e. The van der Waals surface area contributed by atoms with Gasteiger partial charge in [-0.25, -0.2) is 0 Å². The third kappa shape index (κ3) is 3.45. The minimum absolute atomic E-state index is 0.0600. The number of aromatic nitrogens is 2. The van der Waals surface area contributed by atoms with Crippen LogP contribution in [0.2, 0.25) is 0 Å². The number of para-hydroxylation sites is 1. The maximum atomic E-state index is 12.4. The van der Waals surface area contributed by atoms with E-state index in [2.05, 4.69) is 9.79 Å². The first-order valence-corrected chi connectivity index (χ1v) is 8.09. The SMILES string of the molecule is NC1=CC=C(SCC(=O)c2c([O-])on[n+]2-c2ccccc2)CC1. The van der Waals surface area contributed by atoms with Crippen LogP contribution in [-0.2, 0) is 0 Å². The van der Waals surface area contributed by atoms with Gasteiger partial charge >= 0.3 is 5.69 Å². The number of thioether (sulfide) groups is 1. The summed E-state index contributed by atoms with van der Waals surface area (Å²) in [6.07, 6.45) is 5.36. The normalized spacial score (nSPS) is 14.3. The van der Waals surface area contributed by atoms with Crippen LogP contribution in [0.3, 0.4) is 0 Å². The van der Waals surface area contributed by atoms with E-state index in [1.807, 2.05) is 18.2 Å². The molecule has 2 aromatic rings. The molecule has 1 aliphatic rings. The summed E-state index contributed by atoms with van der Waals surface area (Å²) in [5, 5.41) is 15.5. The van der Waals surface area contributed by atoms with Gasteiger partial charge in [0.25, 0.3) is 0 Å². The molecule has 23 heavy (non-hydrogen) atoms. The van der Waals surface area contributed by atoms with Gasteiger partial charge in [-0.05, 0) is 28.5 Å². The zero-order valence-corrected chi connectivity index (χ0v) is 13.1. The lowest BCUT2D eigenvalue weighted by molar-refractivity contribution is -0.672. The summed E-state index contributed by atoms with van der Waals surface area (Å²) in [4.78, 5) is 13.5. The predicted molar refractivity (Wildman–Crippen MR) is 83.9 cm³/mol. The highest BCUT2D eigenvalue weighted by Crippen LogP contribution is 2.27. The van der Waals surface area contributed by atoms with Crippen molar-refractivity contribution in [1.29, 1.82) is 0 Å². The lowest BCUT2D eigenvalue weighted by atomic mass is 10.1. The molecular formula is C16H15N3O3S. The van der Waals surface area contributed by atoms with Crippen LogP contribution >= 0.6 is 11.8 Å². The molecule has 0 spiro atoms. The van der Waals surface area contributed by atoms with Gasteiger partial charge in [-0.1, -0.05) is 24.3 Å². The third-order valence-corrected chi connectivity index (χ3v) is 4.52. The van der Waals surface area contributed by atoms with Crippen LogP contribution in [0.5, 0.6) is 5.95 Å². The first kappa shape index (κ1) is 15.4. The molecular weight excluding hydrogens is 314 g/mol. The van der Waals surface area contributed by atoms with E-state index < -0.39 is 5.95 Å². The molecule has 0 amide bonds. The van der Waals surface area contributed by atoms with Gasteiger partial charge < -0.3 is 15.4 Å². The Labute approximate surface area is 137 Å². The Morgan fingerprint density at radius 1 is 1.30 bits per heavy atom.